The summed E-state index contributed by atoms with van der Waals surface area (Å²) in [5, 5.41) is 13.0. The van der Waals surface area contributed by atoms with Crippen LogP contribution in [0, 0.1) is 0 Å². The van der Waals surface area contributed by atoms with Crippen molar-refractivity contribution in [3.63, 3.8) is 0 Å². The summed E-state index contributed by atoms with van der Waals surface area (Å²) in [6.07, 6.45) is -2.78. The Hall–Kier alpha value is -3.73. The number of cyclic esters (lactones) is 1. The van der Waals surface area contributed by atoms with E-state index in [2.05, 4.69) is 20.3 Å². The molecule has 1 unspecified atom stereocenters. The van der Waals surface area contributed by atoms with Gasteiger partial charge in [-0.2, -0.15) is 18.2 Å². The van der Waals surface area contributed by atoms with Gasteiger partial charge >= 0.3 is 12.3 Å². The van der Waals surface area contributed by atoms with E-state index in [1.165, 1.54) is 17.2 Å². The van der Waals surface area contributed by atoms with Crippen LogP contribution in [0.4, 0.5) is 29.7 Å². The summed E-state index contributed by atoms with van der Waals surface area (Å²) in [6.45, 7) is 3.47. The van der Waals surface area contributed by atoms with E-state index in [0.29, 0.717) is 11.3 Å². The van der Waals surface area contributed by atoms with Crippen LogP contribution in [0.1, 0.15) is 31.0 Å². The van der Waals surface area contributed by atoms with E-state index in [-0.39, 0.29) is 24.4 Å². The van der Waals surface area contributed by atoms with Crippen molar-refractivity contribution in [3.05, 3.63) is 66.0 Å². The molecule has 0 aliphatic carbocycles. The zero-order chi connectivity index (χ0) is 24.5. The lowest BCUT2D eigenvalue weighted by molar-refractivity contribution is -0.137. The molecule has 3 heterocycles. The highest BCUT2D eigenvalue weighted by atomic mass is 19.4. The van der Waals surface area contributed by atoms with Gasteiger partial charge in [-0.25, -0.2) is 9.78 Å². The van der Waals surface area contributed by atoms with E-state index < -0.39 is 30.0 Å². The Balaban J connectivity index is 1.49. The van der Waals surface area contributed by atoms with Crippen LogP contribution in [0.2, 0.25) is 0 Å². The summed E-state index contributed by atoms with van der Waals surface area (Å²) >= 11 is 0. The molecule has 2 N–H and O–H groups in total. The van der Waals surface area contributed by atoms with Crippen molar-refractivity contribution in [2.75, 3.05) is 16.8 Å². The number of alkyl halides is 3. The van der Waals surface area contributed by atoms with Gasteiger partial charge in [0.05, 0.1) is 23.4 Å². The maximum absolute atomic E-state index is 13.0. The maximum atomic E-state index is 13.0. The Kier molecular flexibility index (Phi) is 6.38. The van der Waals surface area contributed by atoms with Gasteiger partial charge < -0.3 is 15.2 Å². The number of carbonyl (C=O) groups excluding carboxylic acids is 1. The van der Waals surface area contributed by atoms with E-state index >= 15 is 0 Å². The Labute approximate surface area is 193 Å². The smallest absolute Gasteiger partial charge is 0.416 e. The van der Waals surface area contributed by atoms with Crippen molar-refractivity contribution < 1.29 is 27.8 Å². The first-order chi connectivity index (χ1) is 16.1. The molecule has 3 aromatic rings. The Morgan fingerprint density at radius 2 is 1.97 bits per heavy atom. The van der Waals surface area contributed by atoms with Gasteiger partial charge in [0.25, 0.3) is 0 Å². The quantitative estimate of drug-likeness (QED) is 0.546. The van der Waals surface area contributed by atoms with Crippen LogP contribution in [-0.2, 0) is 10.9 Å². The molecule has 1 aliphatic heterocycles. The topological polar surface area (TPSA) is 100 Å². The van der Waals surface area contributed by atoms with E-state index in [4.69, 9.17) is 4.74 Å². The predicted octanol–water partition coefficient (Wildman–Crippen LogP) is 4.44. The van der Waals surface area contributed by atoms with Gasteiger partial charge in [-0.3, -0.25) is 9.88 Å². The zero-order valence-electron chi connectivity index (χ0n) is 18.3. The second-order valence-corrected chi connectivity index (χ2v) is 7.91. The molecule has 3 atom stereocenters. The van der Waals surface area contributed by atoms with Gasteiger partial charge in [0.2, 0.25) is 5.95 Å². The van der Waals surface area contributed by atoms with Gasteiger partial charge in [-0.1, -0.05) is 18.2 Å². The van der Waals surface area contributed by atoms with Crippen LogP contribution in [-0.4, -0.2) is 44.9 Å². The number of nitrogens with zero attached hydrogens (tertiary/aromatic N) is 4. The number of hydrogen-bond acceptors (Lipinski definition) is 7. The van der Waals surface area contributed by atoms with Crippen LogP contribution in [0.3, 0.4) is 0 Å². The second-order valence-electron chi connectivity index (χ2n) is 7.91. The summed E-state index contributed by atoms with van der Waals surface area (Å²) < 4.78 is 44.0. The van der Waals surface area contributed by atoms with E-state index in [9.17, 15) is 23.1 Å². The number of benzene rings is 1. The number of aliphatic hydroxyl groups excluding tert-OH is 1. The number of hydrogen-bond donors (Lipinski definition) is 2. The normalized spacial score (nSPS) is 17.9. The van der Waals surface area contributed by atoms with Crippen LogP contribution < -0.4 is 10.2 Å². The van der Waals surface area contributed by atoms with Crippen molar-refractivity contribution in [1.82, 2.24) is 15.0 Å². The molecule has 11 heteroatoms. The predicted molar refractivity (Wildman–Crippen MR) is 118 cm³/mol. The van der Waals surface area contributed by atoms with Gasteiger partial charge in [0.15, 0.2) is 0 Å². The fraction of sp³-hybridized carbons (Fsp3) is 0.304. The zero-order valence-corrected chi connectivity index (χ0v) is 18.3. The number of nitrogens with one attached hydrogen (secondary N) is 1. The highest BCUT2D eigenvalue weighted by Crippen LogP contribution is 2.32. The SMILES string of the molecule is C[C@H](Nc1nccc(N2C(=O)OCC2[C@@H](C)O)n1)c1ccc(-c2cccc(C(F)(F)F)c2)nc1. The van der Waals surface area contributed by atoms with E-state index in [0.717, 1.165) is 17.7 Å². The first-order valence-electron chi connectivity index (χ1n) is 10.5. The van der Waals surface area contributed by atoms with Crippen molar-refractivity contribution in [1.29, 1.82) is 0 Å². The van der Waals surface area contributed by atoms with Crippen molar-refractivity contribution in [2.45, 2.75) is 38.2 Å². The molecule has 0 saturated carbocycles. The number of rotatable bonds is 6. The lowest BCUT2D eigenvalue weighted by Crippen LogP contribution is -2.41. The van der Waals surface area contributed by atoms with Gasteiger partial charge in [0.1, 0.15) is 18.5 Å². The molecule has 1 amide bonds. The highest BCUT2D eigenvalue weighted by Gasteiger charge is 2.38. The summed E-state index contributed by atoms with van der Waals surface area (Å²) in [5.74, 6) is 0.534. The molecule has 8 nitrogen and oxygen atoms in total. The third kappa shape index (κ3) is 4.93. The van der Waals surface area contributed by atoms with Crippen molar-refractivity contribution >= 4 is 17.9 Å². The first-order valence-corrected chi connectivity index (χ1v) is 10.5. The summed E-state index contributed by atoms with van der Waals surface area (Å²) in [4.78, 5) is 26.2. The number of aromatic nitrogens is 3. The van der Waals surface area contributed by atoms with Crippen molar-refractivity contribution in [2.24, 2.45) is 0 Å². The molecule has 1 aliphatic rings. The first kappa shape index (κ1) is 23.4. The minimum absolute atomic E-state index is 0.0591. The Morgan fingerprint density at radius 1 is 1.18 bits per heavy atom. The van der Waals surface area contributed by atoms with Crippen LogP contribution in [0.25, 0.3) is 11.3 Å². The molecule has 34 heavy (non-hydrogen) atoms. The van der Waals surface area contributed by atoms with Gasteiger partial charge in [0, 0.05) is 18.0 Å². The molecule has 1 fully saturated rings. The van der Waals surface area contributed by atoms with Gasteiger partial charge in [-0.05, 0) is 43.7 Å². The number of amides is 1. The van der Waals surface area contributed by atoms with Gasteiger partial charge in [-0.15, -0.1) is 0 Å². The third-order valence-electron chi connectivity index (χ3n) is 5.47. The maximum Gasteiger partial charge on any atom is 0.416 e. The van der Waals surface area contributed by atoms with Crippen LogP contribution in [0.5, 0.6) is 0 Å². The number of ether oxygens (including phenoxy) is 1. The largest absolute Gasteiger partial charge is 0.447 e. The number of carbonyl (C=O) groups is 1. The van der Waals surface area contributed by atoms with Crippen LogP contribution in [0.15, 0.2) is 54.9 Å². The van der Waals surface area contributed by atoms with E-state index in [1.54, 1.807) is 37.4 Å². The summed E-state index contributed by atoms with van der Waals surface area (Å²) in [7, 11) is 0. The minimum atomic E-state index is -4.43. The molecule has 178 valence electrons. The molecule has 0 radical (unpaired) electrons. The number of halogens is 3. The monoisotopic (exact) mass is 473 g/mol. The molecule has 4 rings (SSSR count). The average Bonchev–Trinajstić information content (AvgIpc) is 3.20. The fourth-order valence-corrected chi connectivity index (χ4v) is 3.57. The number of pyridine rings is 1. The molecular formula is C23H22F3N5O3. The lowest BCUT2D eigenvalue weighted by atomic mass is 10.1. The third-order valence-corrected chi connectivity index (χ3v) is 5.47. The lowest BCUT2D eigenvalue weighted by Gasteiger charge is -2.23. The fourth-order valence-electron chi connectivity index (χ4n) is 3.57. The van der Waals surface area contributed by atoms with Crippen LogP contribution >= 0.6 is 0 Å². The van der Waals surface area contributed by atoms with Crippen molar-refractivity contribution in [3.8, 4) is 11.3 Å². The Bertz CT molecular complexity index is 1170. The standard InChI is InChI=1S/C23H22F3N5O3/c1-13(16-6-7-18(28-11-16)15-4-3-5-17(10-15)23(24,25)26)29-21-27-9-8-20(30-21)31-19(14(2)32)12-34-22(31)33/h3-11,13-14,19,32H,12H2,1-2H3,(H,27,29,30)/t13-,14+,19?/m0/s1. The van der Waals surface area contributed by atoms with E-state index in [1.807, 2.05) is 6.92 Å². The Morgan fingerprint density at radius 3 is 2.65 bits per heavy atom. The highest BCUT2D eigenvalue weighted by molar-refractivity contribution is 5.89. The molecule has 0 bridgehead atoms. The molecule has 2 aromatic heterocycles. The number of anilines is 2. The second kappa shape index (κ2) is 9.26. The molecule has 1 saturated heterocycles. The summed E-state index contributed by atoms with van der Waals surface area (Å²) in [6, 6.07) is 9.10. The number of aliphatic hydroxyl groups is 1. The molecule has 1 aromatic carbocycles. The minimum Gasteiger partial charge on any atom is -0.447 e. The summed E-state index contributed by atoms with van der Waals surface area (Å²) in [5.41, 5.74) is 0.801. The molecule has 0 spiro atoms. The molecular weight excluding hydrogens is 451 g/mol. The average molecular weight is 473 g/mol.